The van der Waals surface area contributed by atoms with E-state index in [9.17, 15) is 32.3 Å². The number of ketones is 1. The number of unbranched alkanes of at least 4 members (excludes halogenated alkanes) is 2. The molecule has 0 spiro atoms. The van der Waals surface area contributed by atoms with Crippen molar-refractivity contribution in [2.45, 2.75) is 103 Å². The number of carbonyl (C=O) groups excluding carboxylic acids is 3. The van der Waals surface area contributed by atoms with Crippen LogP contribution in [0.25, 0.3) is 11.0 Å². The fraction of sp³-hybridized carbons (Fsp3) is 0.656. The molecule has 2 fully saturated rings. The van der Waals surface area contributed by atoms with Crippen LogP contribution in [0.2, 0.25) is 0 Å². The quantitative estimate of drug-likeness (QED) is 0.287. The Kier molecular flexibility index (Phi) is 10.8. The van der Waals surface area contributed by atoms with Crippen LogP contribution in [0.3, 0.4) is 0 Å². The number of benzene rings is 1. The van der Waals surface area contributed by atoms with E-state index in [2.05, 4.69) is 20.0 Å². The summed E-state index contributed by atoms with van der Waals surface area (Å²) < 4.78 is 47.2. The maximum atomic E-state index is 12.9. The zero-order valence-electron chi connectivity index (χ0n) is 26.3. The zero-order valence-corrected chi connectivity index (χ0v) is 26.3. The average Bonchev–Trinajstić information content (AvgIpc) is 3.52. The standard InChI is InChI=1S/C32H43F3N4O6/c1-19(2)28(41)27-20(3)14-16-39(27)26(40)18-36-30(43)45-31(4)15-8-10-21(31)9-6-5-7-11-24-29(42)38-25-17-22(44-32(33,34)35)12-13-23(25)37-24/h12-13,17,19-21,27H,5-11,14-16,18H2,1-4H3,(H,36,43)(H,38,42)/t20-,21-,27+,31?/m1/s1. The van der Waals surface area contributed by atoms with E-state index in [-0.39, 0.29) is 41.5 Å². The predicted octanol–water partition coefficient (Wildman–Crippen LogP) is 5.67. The summed E-state index contributed by atoms with van der Waals surface area (Å²) in [6.07, 6.45) is 1.44. The highest BCUT2D eigenvalue weighted by atomic mass is 19.4. The van der Waals surface area contributed by atoms with Crippen molar-refractivity contribution in [2.24, 2.45) is 17.8 Å². The van der Waals surface area contributed by atoms with Gasteiger partial charge in [0.25, 0.3) is 5.56 Å². The third-order valence-electron chi connectivity index (χ3n) is 9.11. The SMILES string of the molecule is CC(C)C(=O)[C@@H]1[C@H](C)CCN1C(=O)CNC(=O)OC1(C)CCC[C@H]1CCCCCc1nc2ccc(OC(F)(F)F)cc2[nH]c1=O. The smallest absolute Gasteiger partial charge is 0.443 e. The molecule has 2 amide bonds. The fourth-order valence-corrected chi connectivity index (χ4v) is 6.62. The highest BCUT2D eigenvalue weighted by molar-refractivity contribution is 5.92. The van der Waals surface area contributed by atoms with E-state index in [1.807, 2.05) is 27.7 Å². The van der Waals surface area contributed by atoms with E-state index in [0.29, 0.717) is 30.6 Å². The Morgan fingerprint density at radius 3 is 2.64 bits per heavy atom. The molecule has 1 aromatic carbocycles. The van der Waals surface area contributed by atoms with Gasteiger partial charge in [0.1, 0.15) is 23.6 Å². The maximum absolute atomic E-state index is 12.9. The van der Waals surface area contributed by atoms with Crippen molar-refractivity contribution in [1.82, 2.24) is 20.2 Å². The first-order valence-electron chi connectivity index (χ1n) is 15.8. The molecule has 2 heterocycles. The van der Waals surface area contributed by atoms with Crippen LogP contribution in [-0.2, 0) is 20.7 Å². The van der Waals surface area contributed by atoms with Crippen LogP contribution < -0.4 is 15.6 Å². The van der Waals surface area contributed by atoms with Crippen molar-refractivity contribution in [3.63, 3.8) is 0 Å². The Bertz CT molecular complexity index is 1440. The molecule has 0 radical (unpaired) electrons. The lowest BCUT2D eigenvalue weighted by atomic mass is 9.87. The average molecular weight is 637 g/mol. The van der Waals surface area contributed by atoms with Gasteiger partial charge in [0.05, 0.1) is 17.1 Å². The van der Waals surface area contributed by atoms with E-state index in [1.165, 1.54) is 6.07 Å². The molecule has 10 nitrogen and oxygen atoms in total. The molecule has 1 aliphatic carbocycles. The van der Waals surface area contributed by atoms with Crippen LogP contribution in [0, 0.1) is 17.8 Å². The Labute approximate surface area is 260 Å². The van der Waals surface area contributed by atoms with Gasteiger partial charge in [-0.05, 0) is 75.8 Å². The van der Waals surface area contributed by atoms with Crippen LogP contribution in [-0.4, -0.2) is 63.7 Å². The Hall–Kier alpha value is -3.64. The number of hydrogen-bond donors (Lipinski definition) is 2. The molecule has 1 aliphatic heterocycles. The minimum Gasteiger partial charge on any atom is -0.443 e. The van der Waals surface area contributed by atoms with Crippen LogP contribution in [0.15, 0.2) is 23.0 Å². The Morgan fingerprint density at radius 2 is 1.93 bits per heavy atom. The summed E-state index contributed by atoms with van der Waals surface area (Å²) in [6, 6.07) is 3.17. The number of alkyl carbamates (subject to hydrolysis) is 1. The summed E-state index contributed by atoms with van der Waals surface area (Å²) in [4.78, 5) is 59.3. The molecular formula is C32H43F3N4O6. The van der Waals surface area contributed by atoms with Gasteiger partial charge < -0.3 is 24.7 Å². The number of aromatic nitrogens is 2. The van der Waals surface area contributed by atoms with Crippen LogP contribution in [0.4, 0.5) is 18.0 Å². The number of amides is 2. The van der Waals surface area contributed by atoms with Gasteiger partial charge in [-0.15, -0.1) is 13.2 Å². The second-order valence-electron chi connectivity index (χ2n) is 12.8. The maximum Gasteiger partial charge on any atom is 0.573 e. The van der Waals surface area contributed by atoms with E-state index in [0.717, 1.165) is 57.1 Å². The number of rotatable bonds is 12. The molecule has 45 heavy (non-hydrogen) atoms. The molecule has 2 aromatic rings. The second-order valence-corrected chi connectivity index (χ2v) is 12.8. The Morgan fingerprint density at radius 1 is 1.18 bits per heavy atom. The number of Topliss-reactive ketones (excluding diaryl/α,β-unsaturated/α-hetero) is 1. The number of likely N-dealkylation sites (tertiary alicyclic amines) is 1. The number of hydrogen-bond acceptors (Lipinski definition) is 7. The summed E-state index contributed by atoms with van der Waals surface area (Å²) >= 11 is 0. The number of alkyl halides is 3. The molecule has 4 rings (SSSR count). The first kappa shape index (κ1) is 34.2. The van der Waals surface area contributed by atoms with Crippen molar-refractivity contribution in [2.75, 3.05) is 13.1 Å². The van der Waals surface area contributed by atoms with E-state index in [1.54, 1.807) is 4.90 Å². The van der Waals surface area contributed by atoms with Gasteiger partial charge in [-0.25, -0.2) is 9.78 Å². The number of nitrogens with zero attached hydrogens (tertiary/aromatic N) is 2. The monoisotopic (exact) mass is 636 g/mol. The van der Waals surface area contributed by atoms with Crippen LogP contribution in [0.1, 0.15) is 84.8 Å². The van der Waals surface area contributed by atoms with Crippen LogP contribution in [0.5, 0.6) is 5.75 Å². The number of halogens is 3. The molecule has 1 unspecified atom stereocenters. The van der Waals surface area contributed by atoms with Gasteiger partial charge in [-0.3, -0.25) is 14.4 Å². The minimum absolute atomic E-state index is 0.0366. The molecule has 1 saturated carbocycles. The highest BCUT2D eigenvalue weighted by Crippen LogP contribution is 2.41. The molecule has 1 aromatic heterocycles. The number of H-pyrrole nitrogens is 1. The zero-order chi connectivity index (χ0) is 32.9. The molecule has 1 saturated heterocycles. The summed E-state index contributed by atoms with van der Waals surface area (Å²) in [5.41, 5.74) is -0.256. The van der Waals surface area contributed by atoms with Gasteiger partial charge in [-0.1, -0.05) is 33.6 Å². The van der Waals surface area contributed by atoms with Gasteiger partial charge in [0.2, 0.25) is 5.91 Å². The Balaban J connectivity index is 1.22. The summed E-state index contributed by atoms with van der Waals surface area (Å²) in [5.74, 6) is -0.626. The number of carbonyl (C=O) groups is 3. The normalized spacial score (nSPS) is 23.5. The molecule has 248 valence electrons. The van der Waals surface area contributed by atoms with Crippen molar-refractivity contribution >= 4 is 28.8 Å². The second kappa shape index (κ2) is 14.2. The van der Waals surface area contributed by atoms with E-state index in [4.69, 9.17) is 4.74 Å². The molecule has 4 atom stereocenters. The number of nitrogens with one attached hydrogen (secondary N) is 2. The molecule has 2 N–H and O–H groups in total. The molecule has 2 aliphatic rings. The first-order valence-corrected chi connectivity index (χ1v) is 15.8. The lowest BCUT2D eigenvalue weighted by Crippen LogP contribution is -2.49. The predicted molar refractivity (Wildman–Crippen MR) is 161 cm³/mol. The third kappa shape index (κ3) is 8.76. The van der Waals surface area contributed by atoms with Crippen molar-refractivity contribution < 1.29 is 37.0 Å². The number of aromatic amines is 1. The molecule has 0 bridgehead atoms. The minimum atomic E-state index is -4.83. The van der Waals surface area contributed by atoms with Crippen LogP contribution >= 0.6 is 0 Å². The topological polar surface area (TPSA) is 131 Å². The fourth-order valence-electron chi connectivity index (χ4n) is 6.62. The lowest BCUT2D eigenvalue weighted by Gasteiger charge is -2.32. The van der Waals surface area contributed by atoms with Gasteiger partial charge in [0.15, 0.2) is 5.78 Å². The summed E-state index contributed by atoms with van der Waals surface area (Å²) in [6.45, 7) is 7.82. The third-order valence-corrected chi connectivity index (χ3v) is 9.11. The van der Waals surface area contributed by atoms with Crippen molar-refractivity contribution in [3.8, 4) is 5.75 Å². The van der Waals surface area contributed by atoms with Gasteiger partial charge in [-0.2, -0.15) is 0 Å². The molecular weight excluding hydrogens is 593 g/mol. The number of ether oxygens (including phenoxy) is 2. The number of fused-ring (bicyclic) bond motifs is 1. The largest absolute Gasteiger partial charge is 0.573 e. The van der Waals surface area contributed by atoms with Crippen molar-refractivity contribution in [3.05, 3.63) is 34.2 Å². The molecule has 13 heteroatoms. The van der Waals surface area contributed by atoms with E-state index < -0.39 is 35.4 Å². The van der Waals surface area contributed by atoms with Gasteiger partial charge >= 0.3 is 12.5 Å². The first-order chi connectivity index (χ1) is 21.2. The summed E-state index contributed by atoms with van der Waals surface area (Å²) in [5, 5.41) is 2.60. The van der Waals surface area contributed by atoms with E-state index >= 15 is 0 Å². The highest BCUT2D eigenvalue weighted by Gasteiger charge is 2.43. The van der Waals surface area contributed by atoms with Crippen molar-refractivity contribution in [1.29, 1.82) is 0 Å². The number of aryl methyl sites for hydroxylation is 1. The van der Waals surface area contributed by atoms with Gasteiger partial charge in [0, 0.05) is 18.5 Å². The lowest BCUT2D eigenvalue weighted by molar-refractivity contribution is -0.274. The summed E-state index contributed by atoms with van der Waals surface area (Å²) in [7, 11) is 0.